The SMILES string of the molecule is C=C(C)c1cc2c(C=O)c(-c3ccc(F)cc3)oc2cc1CC(=O)O. The van der Waals surface area contributed by atoms with E-state index in [-0.39, 0.29) is 12.2 Å². The summed E-state index contributed by atoms with van der Waals surface area (Å²) in [6.45, 7) is 5.65. The Morgan fingerprint density at radius 2 is 1.96 bits per heavy atom. The van der Waals surface area contributed by atoms with Crippen molar-refractivity contribution in [2.24, 2.45) is 0 Å². The van der Waals surface area contributed by atoms with Crippen LogP contribution in [0.3, 0.4) is 0 Å². The number of carbonyl (C=O) groups excluding carboxylic acids is 1. The predicted molar refractivity (Wildman–Crippen MR) is 93.0 cm³/mol. The number of aliphatic carboxylic acids is 1. The van der Waals surface area contributed by atoms with Gasteiger partial charge < -0.3 is 9.52 Å². The van der Waals surface area contributed by atoms with Crippen LogP contribution >= 0.6 is 0 Å². The van der Waals surface area contributed by atoms with E-state index in [4.69, 9.17) is 9.52 Å². The molecule has 0 atom stereocenters. The molecule has 3 aromatic rings. The van der Waals surface area contributed by atoms with E-state index >= 15 is 0 Å². The van der Waals surface area contributed by atoms with E-state index in [1.165, 1.54) is 24.3 Å². The van der Waals surface area contributed by atoms with Crippen LogP contribution in [0.1, 0.15) is 28.4 Å². The van der Waals surface area contributed by atoms with Gasteiger partial charge in [0.25, 0.3) is 0 Å². The number of furan rings is 1. The molecule has 0 radical (unpaired) electrons. The van der Waals surface area contributed by atoms with E-state index in [0.717, 1.165) is 0 Å². The number of hydrogen-bond donors (Lipinski definition) is 1. The first-order valence-electron chi connectivity index (χ1n) is 7.59. The number of rotatable bonds is 5. The van der Waals surface area contributed by atoms with Gasteiger partial charge in [-0.25, -0.2) is 4.39 Å². The van der Waals surface area contributed by atoms with Crippen LogP contribution in [0.2, 0.25) is 0 Å². The Labute approximate surface area is 143 Å². The van der Waals surface area contributed by atoms with Gasteiger partial charge in [-0.3, -0.25) is 9.59 Å². The molecule has 0 amide bonds. The van der Waals surface area contributed by atoms with Gasteiger partial charge in [-0.05, 0) is 54.4 Å². The van der Waals surface area contributed by atoms with Crippen LogP contribution < -0.4 is 0 Å². The lowest BCUT2D eigenvalue weighted by Crippen LogP contribution is -2.02. The van der Waals surface area contributed by atoms with Gasteiger partial charge in [0.05, 0.1) is 12.0 Å². The lowest BCUT2D eigenvalue weighted by Gasteiger charge is -2.07. The van der Waals surface area contributed by atoms with E-state index in [1.807, 2.05) is 0 Å². The third-order valence-electron chi connectivity index (χ3n) is 3.98. The minimum absolute atomic E-state index is 0.179. The normalized spacial score (nSPS) is 10.8. The molecule has 4 nitrogen and oxygen atoms in total. The first kappa shape index (κ1) is 16.6. The molecule has 0 aliphatic rings. The highest BCUT2D eigenvalue weighted by Crippen LogP contribution is 2.35. The summed E-state index contributed by atoms with van der Waals surface area (Å²) in [6.07, 6.45) is 0.505. The standard InChI is InChI=1S/C20H15FO4/c1-11(2)15-9-16-17(10-22)20(12-3-5-14(21)6-4-12)25-18(16)7-13(15)8-19(23)24/h3-7,9-10H,1,8H2,2H3,(H,23,24). The number of allylic oxidation sites excluding steroid dienone is 1. The van der Waals surface area contributed by atoms with E-state index < -0.39 is 5.97 Å². The van der Waals surface area contributed by atoms with Gasteiger partial charge in [-0.15, -0.1) is 0 Å². The van der Waals surface area contributed by atoms with Crippen LogP contribution in [0.15, 0.2) is 47.4 Å². The summed E-state index contributed by atoms with van der Waals surface area (Å²) >= 11 is 0. The Balaban J connectivity index is 2.27. The molecule has 0 unspecified atom stereocenters. The van der Waals surface area contributed by atoms with Gasteiger partial charge in [0.1, 0.15) is 17.2 Å². The lowest BCUT2D eigenvalue weighted by atomic mass is 9.96. The number of carbonyl (C=O) groups is 2. The number of carboxylic acids is 1. The molecule has 0 aliphatic heterocycles. The molecule has 0 aliphatic carbocycles. The van der Waals surface area contributed by atoms with Crippen molar-refractivity contribution >= 4 is 28.8 Å². The monoisotopic (exact) mass is 338 g/mol. The quantitative estimate of drug-likeness (QED) is 0.684. The molecule has 0 saturated heterocycles. The van der Waals surface area contributed by atoms with Crippen LogP contribution in [0, 0.1) is 5.82 Å². The minimum atomic E-state index is -0.970. The van der Waals surface area contributed by atoms with Gasteiger partial charge in [0.15, 0.2) is 6.29 Å². The zero-order chi connectivity index (χ0) is 18.1. The van der Waals surface area contributed by atoms with Crippen molar-refractivity contribution in [3.05, 3.63) is 65.5 Å². The second-order valence-corrected chi connectivity index (χ2v) is 5.83. The van der Waals surface area contributed by atoms with Crippen molar-refractivity contribution in [2.45, 2.75) is 13.3 Å². The topological polar surface area (TPSA) is 67.5 Å². The summed E-state index contributed by atoms with van der Waals surface area (Å²) in [7, 11) is 0. The fourth-order valence-electron chi connectivity index (χ4n) is 2.84. The molecule has 1 aromatic heterocycles. The fraction of sp³-hybridized carbons (Fsp3) is 0.100. The van der Waals surface area contributed by atoms with Crippen LogP contribution in [-0.2, 0) is 11.2 Å². The number of aldehydes is 1. The number of carboxylic acid groups (broad SMARTS) is 1. The number of fused-ring (bicyclic) bond motifs is 1. The molecule has 1 N–H and O–H groups in total. The summed E-state index contributed by atoms with van der Waals surface area (Å²) in [5.41, 5.74) is 3.23. The second kappa shape index (κ2) is 6.36. The van der Waals surface area contributed by atoms with Crippen LogP contribution in [-0.4, -0.2) is 17.4 Å². The third kappa shape index (κ3) is 3.08. The van der Waals surface area contributed by atoms with Crippen molar-refractivity contribution in [3.8, 4) is 11.3 Å². The zero-order valence-corrected chi connectivity index (χ0v) is 13.5. The van der Waals surface area contributed by atoms with E-state index in [2.05, 4.69) is 6.58 Å². The van der Waals surface area contributed by atoms with Gasteiger partial charge in [0.2, 0.25) is 0 Å². The Kier molecular flexibility index (Phi) is 4.23. The Morgan fingerprint density at radius 1 is 1.28 bits per heavy atom. The molecule has 2 aromatic carbocycles. The Hall–Kier alpha value is -3.21. The van der Waals surface area contributed by atoms with Gasteiger partial charge in [-0.1, -0.05) is 12.2 Å². The van der Waals surface area contributed by atoms with E-state index in [9.17, 15) is 14.0 Å². The minimum Gasteiger partial charge on any atom is -0.481 e. The zero-order valence-electron chi connectivity index (χ0n) is 13.5. The molecule has 1 heterocycles. The Morgan fingerprint density at radius 3 is 2.52 bits per heavy atom. The number of halogens is 1. The highest BCUT2D eigenvalue weighted by molar-refractivity contribution is 6.04. The van der Waals surface area contributed by atoms with Gasteiger partial charge >= 0.3 is 5.97 Å². The summed E-state index contributed by atoms with van der Waals surface area (Å²) in [5.74, 6) is -1.03. The maximum atomic E-state index is 13.1. The molecular weight excluding hydrogens is 323 g/mol. The first-order valence-corrected chi connectivity index (χ1v) is 7.59. The maximum absolute atomic E-state index is 13.1. The molecule has 0 fully saturated rings. The average molecular weight is 338 g/mol. The maximum Gasteiger partial charge on any atom is 0.307 e. The summed E-state index contributed by atoms with van der Waals surface area (Å²) in [4.78, 5) is 22.7. The molecule has 3 rings (SSSR count). The second-order valence-electron chi connectivity index (χ2n) is 5.83. The fourth-order valence-corrected chi connectivity index (χ4v) is 2.84. The van der Waals surface area contributed by atoms with Crippen molar-refractivity contribution in [3.63, 3.8) is 0 Å². The molecule has 0 spiro atoms. The van der Waals surface area contributed by atoms with Crippen molar-refractivity contribution < 1.29 is 23.5 Å². The van der Waals surface area contributed by atoms with Crippen LogP contribution in [0.5, 0.6) is 0 Å². The number of hydrogen-bond acceptors (Lipinski definition) is 3. The molecule has 126 valence electrons. The first-order chi connectivity index (χ1) is 11.9. The van der Waals surface area contributed by atoms with E-state index in [0.29, 0.717) is 50.8 Å². The van der Waals surface area contributed by atoms with Crippen molar-refractivity contribution in [2.75, 3.05) is 0 Å². The van der Waals surface area contributed by atoms with Gasteiger partial charge in [-0.2, -0.15) is 0 Å². The third-order valence-corrected chi connectivity index (χ3v) is 3.98. The average Bonchev–Trinajstić information content (AvgIpc) is 2.91. The smallest absolute Gasteiger partial charge is 0.307 e. The summed E-state index contributed by atoms with van der Waals surface area (Å²) in [5, 5.41) is 9.67. The molecule has 25 heavy (non-hydrogen) atoms. The molecular formula is C20H15FO4. The summed E-state index contributed by atoms with van der Waals surface area (Å²) < 4.78 is 18.9. The Bertz CT molecular complexity index is 997. The number of benzene rings is 2. The molecule has 0 saturated carbocycles. The van der Waals surface area contributed by atoms with Gasteiger partial charge in [0, 0.05) is 10.9 Å². The van der Waals surface area contributed by atoms with Crippen LogP contribution in [0.4, 0.5) is 4.39 Å². The highest BCUT2D eigenvalue weighted by atomic mass is 19.1. The predicted octanol–water partition coefficient (Wildman–Crippen LogP) is 4.71. The molecule has 5 heteroatoms. The van der Waals surface area contributed by atoms with Crippen LogP contribution in [0.25, 0.3) is 27.9 Å². The lowest BCUT2D eigenvalue weighted by molar-refractivity contribution is -0.136. The summed E-state index contributed by atoms with van der Waals surface area (Å²) in [6, 6.07) is 8.96. The van der Waals surface area contributed by atoms with Crippen molar-refractivity contribution in [1.29, 1.82) is 0 Å². The van der Waals surface area contributed by atoms with Crippen molar-refractivity contribution in [1.82, 2.24) is 0 Å². The van der Waals surface area contributed by atoms with E-state index in [1.54, 1.807) is 19.1 Å². The highest BCUT2D eigenvalue weighted by Gasteiger charge is 2.19. The molecule has 0 bridgehead atoms. The largest absolute Gasteiger partial charge is 0.481 e.